The summed E-state index contributed by atoms with van der Waals surface area (Å²) in [6.45, 7) is 4.91. The van der Waals surface area contributed by atoms with E-state index in [1.165, 1.54) is 0 Å². The molecule has 0 fully saturated rings. The normalized spacial score (nSPS) is 17.5. The third kappa shape index (κ3) is 3.05. The van der Waals surface area contributed by atoms with Gasteiger partial charge >= 0.3 is 11.9 Å². The van der Waals surface area contributed by atoms with Gasteiger partial charge in [0.05, 0.1) is 11.8 Å². The second-order valence-electron chi connectivity index (χ2n) is 3.33. The number of hydrogen-bond acceptors (Lipinski definition) is 2. The molecule has 0 aliphatic carbocycles. The summed E-state index contributed by atoms with van der Waals surface area (Å²) in [6.07, 6.45) is 0.570. The third-order valence-electron chi connectivity index (χ3n) is 2.53. The van der Waals surface area contributed by atoms with Crippen molar-refractivity contribution in [3.05, 3.63) is 0 Å². The molecule has 0 aromatic heterocycles. The molecule has 0 saturated heterocycles. The van der Waals surface area contributed by atoms with Crippen LogP contribution in [0.15, 0.2) is 0 Å². The summed E-state index contributed by atoms with van der Waals surface area (Å²) in [4.78, 5) is 21.3. The van der Waals surface area contributed by atoms with Crippen molar-refractivity contribution in [2.24, 2.45) is 17.8 Å². The van der Waals surface area contributed by atoms with Gasteiger partial charge in [-0.2, -0.15) is 0 Å². The van der Waals surface area contributed by atoms with Gasteiger partial charge in [-0.3, -0.25) is 9.59 Å². The Morgan fingerprint density at radius 1 is 1.08 bits per heavy atom. The van der Waals surface area contributed by atoms with Crippen molar-refractivity contribution in [1.29, 1.82) is 0 Å². The molecule has 4 heteroatoms. The summed E-state index contributed by atoms with van der Waals surface area (Å²) in [5, 5.41) is 17.4. The minimum absolute atomic E-state index is 0.296. The fraction of sp³-hybridized carbons (Fsp3) is 0.778. The van der Waals surface area contributed by atoms with E-state index >= 15 is 0 Å². The Morgan fingerprint density at radius 2 is 1.38 bits per heavy atom. The Morgan fingerprint density at radius 3 is 1.54 bits per heavy atom. The highest BCUT2D eigenvalue weighted by molar-refractivity contribution is 5.74. The first-order valence-electron chi connectivity index (χ1n) is 4.37. The van der Waals surface area contributed by atoms with Crippen molar-refractivity contribution in [1.82, 2.24) is 0 Å². The van der Waals surface area contributed by atoms with Gasteiger partial charge in [0.15, 0.2) is 0 Å². The molecule has 4 nitrogen and oxygen atoms in total. The van der Waals surface area contributed by atoms with Gasteiger partial charge in [0, 0.05) is 0 Å². The lowest BCUT2D eigenvalue weighted by atomic mass is 9.81. The topological polar surface area (TPSA) is 74.6 Å². The van der Waals surface area contributed by atoms with Crippen molar-refractivity contribution < 1.29 is 19.8 Å². The largest absolute Gasteiger partial charge is 0.481 e. The van der Waals surface area contributed by atoms with Crippen LogP contribution in [-0.4, -0.2) is 22.2 Å². The van der Waals surface area contributed by atoms with Crippen LogP contribution in [0.4, 0.5) is 0 Å². The minimum atomic E-state index is -0.931. The molecule has 0 saturated carbocycles. The van der Waals surface area contributed by atoms with E-state index in [-0.39, 0.29) is 5.92 Å². The number of rotatable bonds is 5. The highest BCUT2D eigenvalue weighted by atomic mass is 16.4. The SMILES string of the molecule is CCC(C(C)C(=O)O)C(C)C(=O)O. The van der Waals surface area contributed by atoms with Crippen LogP contribution in [0.25, 0.3) is 0 Å². The van der Waals surface area contributed by atoms with E-state index in [9.17, 15) is 9.59 Å². The molecule has 0 bridgehead atoms. The van der Waals surface area contributed by atoms with E-state index in [1.807, 2.05) is 6.92 Å². The maximum atomic E-state index is 10.6. The quantitative estimate of drug-likeness (QED) is 0.684. The van der Waals surface area contributed by atoms with Gasteiger partial charge in [-0.05, 0) is 5.92 Å². The van der Waals surface area contributed by atoms with E-state index in [0.29, 0.717) is 6.42 Å². The van der Waals surface area contributed by atoms with Gasteiger partial charge < -0.3 is 10.2 Å². The molecule has 2 unspecified atom stereocenters. The maximum Gasteiger partial charge on any atom is 0.306 e. The molecule has 0 heterocycles. The summed E-state index contributed by atoms with van der Waals surface area (Å²) < 4.78 is 0. The van der Waals surface area contributed by atoms with Crippen LogP contribution in [0, 0.1) is 17.8 Å². The Bertz CT molecular complexity index is 180. The van der Waals surface area contributed by atoms with Gasteiger partial charge in [0.2, 0.25) is 0 Å². The number of aliphatic carboxylic acids is 2. The molecule has 0 spiro atoms. The fourth-order valence-electron chi connectivity index (χ4n) is 1.51. The van der Waals surface area contributed by atoms with Crippen LogP contribution in [0.5, 0.6) is 0 Å². The van der Waals surface area contributed by atoms with Crippen LogP contribution < -0.4 is 0 Å². The molecule has 0 amide bonds. The molecule has 2 atom stereocenters. The predicted octanol–water partition coefficient (Wildman–Crippen LogP) is 1.45. The summed E-state index contributed by atoms with van der Waals surface area (Å²) in [7, 11) is 0. The molecule has 76 valence electrons. The predicted molar refractivity (Wildman–Crippen MR) is 47.4 cm³/mol. The maximum absolute atomic E-state index is 10.6. The monoisotopic (exact) mass is 188 g/mol. The standard InChI is InChI=1S/C9H16O4/c1-4-7(5(2)8(10)11)6(3)9(12)13/h5-7H,4H2,1-3H3,(H,10,11)(H,12,13). The first-order valence-corrected chi connectivity index (χ1v) is 4.37. The van der Waals surface area contributed by atoms with Crippen LogP contribution in [0.2, 0.25) is 0 Å². The second-order valence-corrected chi connectivity index (χ2v) is 3.33. The van der Waals surface area contributed by atoms with Crippen molar-refractivity contribution in [2.45, 2.75) is 27.2 Å². The van der Waals surface area contributed by atoms with Gasteiger partial charge in [-0.15, -0.1) is 0 Å². The molecule has 0 rings (SSSR count). The zero-order valence-corrected chi connectivity index (χ0v) is 8.15. The summed E-state index contributed by atoms with van der Waals surface area (Å²) >= 11 is 0. The van der Waals surface area contributed by atoms with Gasteiger partial charge in [-0.25, -0.2) is 0 Å². The molecule has 0 aromatic carbocycles. The lowest BCUT2D eigenvalue weighted by Gasteiger charge is -2.22. The highest BCUT2D eigenvalue weighted by Crippen LogP contribution is 2.24. The zero-order chi connectivity index (χ0) is 10.6. The van der Waals surface area contributed by atoms with E-state index in [0.717, 1.165) is 0 Å². The van der Waals surface area contributed by atoms with E-state index in [1.54, 1.807) is 13.8 Å². The molecule has 0 aliphatic heterocycles. The first-order chi connectivity index (χ1) is 5.91. The lowest BCUT2D eigenvalue weighted by molar-refractivity contribution is -0.148. The Kier molecular flexibility index (Phi) is 4.45. The Balaban J connectivity index is 4.49. The Labute approximate surface area is 77.6 Å². The van der Waals surface area contributed by atoms with Crippen molar-refractivity contribution in [2.75, 3.05) is 0 Å². The molecular formula is C9H16O4. The number of carbonyl (C=O) groups is 2. The van der Waals surface area contributed by atoms with E-state index in [4.69, 9.17) is 10.2 Å². The van der Waals surface area contributed by atoms with E-state index < -0.39 is 23.8 Å². The summed E-state index contributed by atoms with van der Waals surface area (Å²) in [5.41, 5.74) is 0. The molecular weight excluding hydrogens is 172 g/mol. The summed E-state index contributed by atoms with van der Waals surface area (Å²) in [6, 6.07) is 0. The zero-order valence-electron chi connectivity index (χ0n) is 8.15. The smallest absolute Gasteiger partial charge is 0.306 e. The number of carboxylic acids is 2. The molecule has 13 heavy (non-hydrogen) atoms. The van der Waals surface area contributed by atoms with Gasteiger partial charge in [0.25, 0.3) is 0 Å². The molecule has 0 radical (unpaired) electrons. The van der Waals surface area contributed by atoms with Gasteiger partial charge in [-0.1, -0.05) is 27.2 Å². The van der Waals surface area contributed by atoms with Crippen molar-refractivity contribution in [3.8, 4) is 0 Å². The molecule has 2 N–H and O–H groups in total. The van der Waals surface area contributed by atoms with Crippen molar-refractivity contribution >= 4 is 11.9 Å². The third-order valence-corrected chi connectivity index (χ3v) is 2.53. The van der Waals surface area contributed by atoms with Crippen LogP contribution in [-0.2, 0) is 9.59 Å². The van der Waals surface area contributed by atoms with Crippen LogP contribution in [0.1, 0.15) is 27.2 Å². The minimum Gasteiger partial charge on any atom is -0.481 e. The molecule has 0 aliphatic rings. The highest BCUT2D eigenvalue weighted by Gasteiger charge is 2.30. The van der Waals surface area contributed by atoms with E-state index in [2.05, 4.69) is 0 Å². The first kappa shape index (κ1) is 11.9. The van der Waals surface area contributed by atoms with Crippen LogP contribution in [0.3, 0.4) is 0 Å². The number of hydrogen-bond donors (Lipinski definition) is 2. The second kappa shape index (κ2) is 4.84. The average molecular weight is 188 g/mol. The van der Waals surface area contributed by atoms with Crippen LogP contribution >= 0.6 is 0 Å². The molecule has 0 aromatic rings. The van der Waals surface area contributed by atoms with Crippen molar-refractivity contribution in [3.63, 3.8) is 0 Å². The average Bonchev–Trinajstić information content (AvgIpc) is 2.04. The lowest BCUT2D eigenvalue weighted by Crippen LogP contribution is -2.29. The number of carboxylic acid groups (broad SMARTS) is 2. The Hall–Kier alpha value is -1.06. The summed E-state index contributed by atoms with van der Waals surface area (Å²) in [5.74, 6) is -3.36. The van der Waals surface area contributed by atoms with Gasteiger partial charge in [0.1, 0.15) is 0 Å². The fourth-order valence-corrected chi connectivity index (χ4v) is 1.51.